The van der Waals surface area contributed by atoms with Crippen LogP contribution in [0.5, 0.6) is 0 Å². The third-order valence-electron chi connectivity index (χ3n) is 1.67. The summed E-state index contributed by atoms with van der Waals surface area (Å²) in [6, 6.07) is 4.70. The third-order valence-corrected chi connectivity index (χ3v) is 2.22. The monoisotopic (exact) mass is 240 g/mol. The Morgan fingerprint density at radius 1 is 1.53 bits per heavy atom. The maximum atomic E-state index is 10.8. The van der Waals surface area contributed by atoms with Gasteiger partial charge in [0, 0.05) is 17.7 Å². The van der Waals surface area contributed by atoms with E-state index in [0.29, 0.717) is 17.7 Å². The first-order valence-corrected chi connectivity index (χ1v) is 5.28. The molecule has 78 valence electrons. The Labute approximate surface area is 98.7 Å². The average molecular weight is 241 g/mol. The molecule has 0 radical (unpaired) electrons. The number of hydrogen-bond acceptors (Lipinski definition) is 2. The molecule has 1 N–H and O–H groups in total. The number of carboxylic acid groups (broad SMARTS) is 1. The van der Waals surface area contributed by atoms with E-state index in [2.05, 4.69) is 24.5 Å². The van der Waals surface area contributed by atoms with E-state index in [9.17, 15) is 4.79 Å². The Morgan fingerprint density at radius 2 is 2.27 bits per heavy atom. The molecule has 0 saturated carbocycles. The SMILES string of the molecule is O=C(O)c1cc(C#CCCS)ccc1Cl. The number of aromatic carboxylic acids is 1. The Morgan fingerprint density at radius 3 is 2.87 bits per heavy atom. The molecule has 0 fully saturated rings. The lowest BCUT2D eigenvalue weighted by Crippen LogP contribution is -1.97. The maximum absolute atomic E-state index is 10.8. The van der Waals surface area contributed by atoms with Crippen LogP contribution in [0.4, 0.5) is 0 Å². The number of hydrogen-bond donors (Lipinski definition) is 2. The van der Waals surface area contributed by atoms with Crippen molar-refractivity contribution in [3.63, 3.8) is 0 Å². The van der Waals surface area contributed by atoms with Crippen LogP contribution in [0.2, 0.25) is 5.02 Å². The van der Waals surface area contributed by atoms with E-state index in [1.807, 2.05) is 0 Å². The molecule has 0 amide bonds. The van der Waals surface area contributed by atoms with Gasteiger partial charge in [-0.1, -0.05) is 23.4 Å². The molecule has 0 bridgehead atoms. The summed E-state index contributed by atoms with van der Waals surface area (Å²) in [5.74, 6) is 5.36. The Bertz CT molecular complexity index is 432. The van der Waals surface area contributed by atoms with Gasteiger partial charge >= 0.3 is 5.97 Å². The summed E-state index contributed by atoms with van der Waals surface area (Å²) >= 11 is 9.73. The van der Waals surface area contributed by atoms with Crippen molar-refractivity contribution in [2.24, 2.45) is 0 Å². The summed E-state index contributed by atoms with van der Waals surface area (Å²) in [5.41, 5.74) is 0.730. The van der Waals surface area contributed by atoms with Gasteiger partial charge in [0.15, 0.2) is 0 Å². The Hall–Kier alpha value is -1.11. The van der Waals surface area contributed by atoms with Gasteiger partial charge in [0.05, 0.1) is 10.6 Å². The summed E-state index contributed by atoms with van der Waals surface area (Å²) < 4.78 is 0. The second-order valence-electron chi connectivity index (χ2n) is 2.78. The Kier molecular flexibility index (Phi) is 4.54. The van der Waals surface area contributed by atoms with E-state index in [1.165, 1.54) is 12.1 Å². The molecule has 15 heavy (non-hydrogen) atoms. The quantitative estimate of drug-likeness (QED) is 0.616. The van der Waals surface area contributed by atoms with Crippen molar-refractivity contribution in [1.29, 1.82) is 0 Å². The lowest BCUT2D eigenvalue weighted by Gasteiger charge is -1.98. The largest absolute Gasteiger partial charge is 0.478 e. The fourth-order valence-corrected chi connectivity index (χ4v) is 1.30. The van der Waals surface area contributed by atoms with Crippen molar-refractivity contribution in [1.82, 2.24) is 0 Å². The van der Waals surface area contributed by atoms with E-state index >= 15 is 0 Å². The second-order valence-corrected chi connectivity index (χ2v) is 3.63. The molecule has 0 aliphatic carbocycles. The number of carboxylic acids is 1. The molecule has 4 heteroatoms. The molecule has 0 aromatic heterocycles. The molecule has 1 aromatic rings. The van der Waals surface area contributed by atoms with Gasteiger partial charge in [-0.25, -0.2) is 4.79 Å². The first-order chi connectivity index (χ1) is 7.15. The number of rotatable bonds is 2. The highest BCUT2D eigenvalue weighted by atomic mass is 35.5. The standard InChI is InChI=1S/C11H9ClO2S/c12-10-5-4-8(3-1-2-6-15)7-9(10)11(13)14/h4-5,7,15H,2,6H2,(H,13,14). The van der Waals surface area contributed by atoms with Crippen LogP contribution >= 0.6 is 24.2 Å². The average Bonchev–Trinajstić information content (AvgIpc) is 2.20. The second kappa shape index (κ2) is 5.69. The molecule has 0 heterocycles. The fraction of sp³-hybridized carbons (Fsp3) is 0.182. The number of halogens is 1. The molecule has 0 saturated heterocycles. The zero-order valence-corrected chi connectivity index (χ0v) is 9.48. The predicted molar refractivity (Wildman–Crippen MR) is 63.8 cm³/mol. The minimum absolute atomic E-state index is 0.0781. The van der Waals surface area contributed by atoms with E-state index < -0.39 is 5.97 Å². The van der Waals surface area contributed by atoms with Gasteiger partial charge in [-0.15, -0.1) is 0 Å². The minimum Gasteiger partial charge on any atom is -0.478 e. The van der Waals surface area contributed by atoms with Crippen molar-refractivity contribution in [3.05, 3.63) is 34.3 Å². The Balaban J connectivity index is 2.99. The van der Waals surface area contributed by atoms with Crippen LogP contribution in [0, 0.1) is 11.8 Å². The molecule has 0 aliphatic heterocycles. The zero-order chi connectivity index (χ0) is 11.3. The molecule has 1 rings (SSSR count). The van der Waals surface area contributed by atoms with Gasteiger partial charge in [-0.05, 0) is 18.2 Å². The molecule has 0 unspecified atom stereocenters. The minimum atomic E-state index is -1.04. The van der Waals surface area contributed by atoms with Gasteiger partial charge in [0.25, 0.3) is 0 Å². The van der Waals surface area contributed by atoms with Gasteiger partial charge < -0.3 is 5.11 Å². The first-order valence-electron chi connectivity index (χ1n) is 4.27. The lowest BCUT2D eigenvalue weighted by molar-refractivity contribution is 0.0697. The fourth-order valence-electron chi connectivity index (χ4n) is 0.987. The summed E-state index contributed by atoms with van der Waals surface area (Å²) in [6.07, 6.45) is 0.675. The van der Waals surface area contributed by atoms with Crippen LogP contribution in [-0.2, 0) is 0 Å². The highest BCUT2D eigenvalue weighted by molar-refractivity contribution is 7.80. The first kappa shape index (κ1) is 12.0. The molecular formula is C11H9ClO2S. The molecule has 1 aromatic carbocycles. The smallest absolute Gasteiger partial charge is 0.337 e. The highest BCUT2D eigenvalue weighted by Crippen LogP contribution is 2.17. The summed E-state index contributed by atoms with van der Waals surface area (Å²) in [4.78, 5) is 10.8. The van der Waals surface area contributed by atoms with Gasteiger partial charge in [-0.3, -0.25) is 0 Å². The topological polar surface area (TPSA) is 37.3 Å². The van der Waals surface area contributed by atoms with Crippen LogP contribution in [0.25, 0.3) is 0 Å². The van der Waals surface area contributed by atoms with E-state index in [1.54, 1.807) is 6.07 Å². The summed E-state index contributed by atoms with van der Waals surface area (Å²) in [7, 11) is 0. The third kappa shape index (κ3) is 3.50. The molecule has 0 spiro atoms. The van der Waals surface area contributed by atoms with Crippen molar-refractivity contribution >= 4 is 30.2 Å². The molecule has 0 atom stereocenters. The van der Waals surface area contributed by atoms with Crippen molar-refractivity contribution in [2.75, 3.05) is 5.75 Å². The summed E-state index contributed by atoms with van der Waals surface area (Å²) in [6.45, 7) is 0. The zero-order valence-electron chi connectivity index (χ0n) is 7.83. The summed E-state index contributed by atoms with van der Waals surface area (Å²) in [5, 5.41) is 9.04. The normalized spacial score (nSPS) is 9.20. The van der Waals surface area contributed by atoms with E-state index in [0.717, 1.165) is 0 Å². The predicted octanol–water partition coefficient (Wildman–Crippen LogP) is 2.71. The van der Waals surface area contributed by atoms with Crippen molar-refractivity contribution in [2.45, 2.75) is 6.42 Å². The van der Waals surface area contributed by atoms with Crippen LogP contribution in [0.15, 0.2) is 18.2 Å². The van der Waals surface area contributed by atoms with Crippen molar-refractivity contribution in [3.8, 4) is 11.8 Å². The van der Waals surface area contributed by atoms with Crippen LogP contribution < -0.4 is 0 Å². The van der Waals surface area contributed by atoms with Crippen molar-refractivity contribution < 1.29 is 9.90 Å². The van der Waals surface area contributed by atoms with E-state index in [4.69, 9.17) is 16.7 Å². The maximum Gasteiger partial charge on any atom is 0.337 e. The highest BCUT2D eigenvalue weighted by Gasteiger charge is 2.07. The molecule has 2 nitrogen and oxygen atoms in total. The van der Waals surface area contributed by atoms with Gasteiger partial charge in [0.2, 0.25) is 0 Å². The molecular weight excluding hydrogens is 232 g/mol. The van der Waals surface area contributed by atoms with Crippen LogP contribution in [-0.4, -0.2) is 16.8 Å². The van der Waals surface area contributed by atoms with Gasteiger partial charge in [-0.2, -0.15) is 12.6 Å². The van der Waals surface area contributed by atoms with Crippen LogP contribution in [0.1, 0.15) is 22.3 Å². The number of thiol groups is 1. The number of carbonyl (C=O) groups is 1. The van der Waals surface area contributed by atoms with E-state index in [-0.39, 0.29) is 10.6 Å². The molecule has 0 aliphatic rings. The van der Waals surface area contributed by atoms with Crippen LogP contribution in [0.3, 0.4) is 0 Å². The lowest BCUT2D eigenvalue weighted by atomic mass is 10.1. The van der Waals surface area contributed by atoms with Gasteiger partial charge in [0.1, 0.15) is 0 Å². The number of benzene rings is 1.